The van der Waals surface area contributed by atoms with Gasteiger partial charge in [0.05, 0.1) is 11.7 Å². The van der Waals surface area contributed by atoms with Gasteiger partial charge in [0.1, 0.15) is 0 Å². The lowest BCUT2D eigenvalue weighted by Gasteiger charge is -2.26. The van der Waals surface area contributed by atoms with Crippen molar-refractivity contribution in [3.05, 3.63) is 30.6 Å². The molecule has 0 aromatic carbocycles. The fourth-order valence-corrected chi connectivity index (χ4v) is 3.11. The second-order valence-electron chi connectivity index (χ2n) is 7.29. The monoisotopic (exact) mass is 289 g/mol. The van der Waals surface area contributed by atoms with Gasteiger partial charge in [-0.3, -0.25) is 4.68 Å². The van der Waals surface area contributed by atoms with Gasteiger partial charge in [-0.05, 0) is 31.4 Å². The van der Waals surface area contributed by atoms with Crippen LogP contribution in [0.1, 0.15) is 58.2 Å². The van der Waals surface area contributed by atoms with Crippen LogP contribution in [0.25, 0.3) is 0 Å². The molecular weight excluding hydrogens is 258 g/mol. The molecule has 0 spiro atoms. The fraction of sp³-hybridized carbons (Fsp3) is 0.722. The summed E-state index contributed by atoms with van der Waals surface area (Å²) in [6.45, 7) is 12.8. The Balaban J connectivity index is 1.92. The van der Waals surface area contributed by atoms with Crippen molar-refractivity contribution in [3.8, 4) is 0 Å². The van der Waals surface area contributed by atoms with E-state index >= 15 is 0 Å². The topological polar surface area (TPSA) is 29.9 Å². The largest absolute Gasteiger partial charge is 0.316 e. The molecule has 3 heteroatoms. The van der Waals surface area contributed by atoms with E-state index in [4.69, 9.17) is 5.10 Å². The van der Waals surface area contributed by atoms with Gasteiger partial charge in [-0.2, -0.15) is 5.10 Å². The molecule has 1 aliphatic rings. The third-order valence-corrected chi connectivity index (χ3v) is 4.52. The fourth-order valence-electron chi connectivity index (χ4n) is 3.11. The molecule has 0 radical (unpaired) electrons. The van der Waals surface area contributed by atoms with Crippen LogP contribution < -0.4 is 5.32 Å². The molecule has 1 heterocycles. The van der Waals surface area contributed by atoms with E-state index in [0.29, 0.717) is 12.0 Å². The first-order valence-corrected chi connectivity index (χ1v) is 8.41. The lowest BCUT2D eigenvalue weighted by Crippen LogP contribution is -2.34. The SMILES string of the molecule is C=CC(C)(CNCC(C)C)Cc1ccn(C2CCCC2)n1. The van der Waals surface area contributed by atoms with Gasteiger partial charge in [0.25, 0.3) is 0 Å². The summed E-state index contributed by atoms with van der Waals surface area (Å²) in [5.41, 5.74) is 1.26. The summed E-state index contributed by atoms with van der Waals surface area (Å²) in [5, 5.41) is 8.36. The van der Waals surface area contributed by atoms with Gasteiger partial charge in [-0.1, -0.05) is 39.7 Å². The summed E-state index contributed by atoms with van der Waals surface area (Å²) in [5.74, 6) is 0.681. The quantitative estimate of drug-likeness (QED) is 0.734. The highest BCUT2D eigenvalue weighted by molar-refractivity contribution is 5.08. The van der Waals surface area contributed by atoms with Crippen LogP contribution in [0.2, 0.25) is 0 Å². The molecule has 0 amide bonds. The minimum atomic E-state index is 0.0732. The Labute approximate surface area is 129 Å². The van der Waals surface area contributed by atoms with E-state index in [1.165, 1.54) is 31.4 Å². The minimum absolute atomic E-state index is 0.0732. The Hall–Kier alpha value is -1.09. The smallest absolute Gasteiger partial charge is 0.0633 e. The molecule has 0 aliphatic heterocycles. The zero-order chi connectivity index (χ0) is 15.3. The van der Waals surface area contributed by atoms with Gasteiger partial charge >= 0.3 is 0 Å². The third kappa shape index (κ3) is 4.70. The van der Waals surface area contributed by atoms with Crippen LogP contribution in [-0.2, 0) is 6.42 Å². The molecule has 3 nitrogen and oxygen atoms in total. The lowest BCUT2D eigenvalue weighted by atomic mass is 9.85. The maximum atomic E-state index is 4.81. The van der Waals surface area contributed by atoms with Gasteiger partial charge in [0.15, 0.2) is 0 Å². The molecule has 1 atom stereocenters. The summed E-state index contributed by atoms with van der Waals surface area (Å²) in [6.07, 6.45) is 10.5. The van der Waals surface area contributed by atoms with E-state index in [1.54, 1.807) is 0 Å². The molecule has 1 N–H and O–H groups in total. The molecule has 0 saturated heterocycles. The van der Waals surface area contributed by atoms with Gasteiger partial charge in [-0.15, -0.1) is 6.58 Å². The zero-order valence-corrected chi connectivity index (χ0v) is 13.9. The summed E-state index contributed by atoms with van der Waals surface area (Å²) < 4.78 is 2.19. The van der Waals surface area contributed by atoms with Crippen LogP contribution in [0.5, 0.6) is 0 Å². The Morgan fingerprint density at radius 3 is 2.81 bits per heavy atom. The number of hydrogen-bond donors (Lipinski definition) is 1. The lowest BCUT2D eigenvalue weighted by molar-refractivity contribution is 0.370. The second kappa shape index (κ2) is 7.26. The molecule has 118 valence electrons. The van der Waals surface area contributed by atoms with Crippen molar-refractivity contribution in [1.29, 1.82) is 0 Å². The van der Waals surface area contributed by atoms with E-state index in [2.05, 4.69) is 55.7 Å². The number of nitrogens with one attached hydrogen (secondary N) is 1. The summed E-state index contributed by atoms with van der Waals surface area (Å²) in [6, 6.07) is 2.82. The highest BCUT2D eigenvalue weighted by atomic mass is 15.3. The molecular formula is C18H31N3. The van der Waals surface area contributed by atoms with Crippen molar-refractivity contribution < 1.29 is 0 Å². The van der Waals surface area contributed by atoms with E-state index in [9.17, 15) is 0 Å². The maximum Gasteiger partial charge on any atom is 0.0633 e. The van der Waals surface area contributed by atoms with Crippen LogP contribution in [0.4, 0.5) is 0 Å². The highest BCUT2D eigenvalue weighted by Gasteiger charge is 2.23. The van der Waals surface area contributed by atoms with Gasteiger partial charge in [0, 0.05) is 24.6 Å². The molecule has 2 rings (SSSR count). The first-order valence-electron chi connectivity index (χ1n) is 8.41. The van der Waals surface area contributed by atoms with Crippen LogP contribution >= 0.6 is 0 Å². The Kier molecular flexibility index (Phi) is 5.63. The molecule has 1 aromatic heterocycles. The van der Waals surface area contributed by atoms with Crippen LogP contribution in [0, 0.1) is 11.3 Å². The molecule has 21 heavy (non-hydrogen) atoms. The summed E-state index contributed by atoms with van der Waals surface area (Å²) in [7, 11) is 0. The van der Waals surface area contributed by atoms with Gasteiger partial charge in [0.2, 0.25) is 0 Å². The van der Waals surface area contributed by atoms with Crippen LogP contribution in [0.3, 0.4) is 0 Å². The van der Waals surface area contributed by atoms with E-state index < -0.39 is 0 Å². The van der Waals surface area contributed by atoms with Crippen molar-refractivity contribution in [2.75, 3.05) is 13.1 Å². The molecule has 1 aromatic rings. The number of rotatable bonds is 8. The normalized spacial score (nSPS) is 19.0. The first kappa shape index (κ1) is 16.3. The summed E-state index contributed by atoms with van der Waals surface area (Å²) >= 11 is 0. The molecule has 0 bridgehead atoms. The number of nitrogens with zero attached hydrogens (tertiary/aromatic N) is 2. The molecule has 1 aliphatic carbocycles. The van der Waals surface area contributed by atoms with Crippen molar-refractivity contribution >= 4 is 0 Å². The van der Waals surface area contributed by atoms with Crippen molar-refractivity contribution in [2.45, 2.75) is 58.9 Å². The predicted octanol–water partition coefficient (Wildman–Crippen LogP) is 3.98. The number of hydrogen-bond acceptors (Lipinski definition) is 2. The van der Waals surface area contributed by atoms with E-state index in [1.807, 2.05) is 0 Å². The standard InChI is InChI=1S/C18H31N3/c1-5-18(4,14-19-13-15(2)3)12-16-10-11-21(20-16)17-8-6-7-9-17/h5,10-11,15,17,19H,1,6-9,12-14H2,2-4H3. The Morgan fingerprint density at radius 2 is 2.19 bits per heavy atom. The molecule has 1 unspecified atom stereocenters. The van der Waals surface area contributed by atoms with Gasteiger partial charge < -0.3 is 5.32 Å². The average molecular weight is 289 g/mol. The van der Waals surface area contributed by atoms with Crippen molar-refractivity contribution in [2.24, 2.45) is 11.3 Å². The van der Waals surface area contributed by atoms with E-state index in [0.717, 1.165) is 19.5 Å². The Bertz CT molecular complexity index is 443. The van der Waals surface area contributed by atoms with Crippen molar-refractivity contribution in [1.82, 2.24) is 15.1 Å². The zero-order valence-electron chi connectivity index (χ0n) is 13.9. The Morgan fingerprint density at radius 1 is 1.48 bits per heavy atom. The maximum absolute atomic E-state index is 4.81. The van der Waals surface area contributed by atoms with Crippen molar-refractivity contribution in [3.63, 3.8) is 0 Å². The van der Waals surface area contributed by atoms with Crippen LogP contribution in [0.15, 0.2) is 24.9 Å². The second-order valence-corrected chi connectivity index (χ2v) is 7.29. The predicted molar refractivity (Wildman–Crippen MR) is 89.4 cm³/mol. The van der Waals surface area contributed by atoms with E-state index in [-0.39, 0.29) is 5.41 Å². The number of aromatic nitrogens is 2. The van der Waals surface area contributed by atoms with Gasteiger partial charge in [-0.25, -0.2) is 0 Å². The average Bonchev–Trinajstić information content (AvgIpc) is 3.08. The van der Waals surface area contributed by atoms with Crippen LogP contribution in [-0.4, -0.2) is 22.9 Å². The molecule has 1 saturated carbocycles. The minimum Gasteiger partial charge on any atom is -0.316 e. The summed E-state index contributed by atoms with van der Waals surface area (Å²) in [4.78, 5) is 0. The molecule has 1 fully saturated rings. The highest BCUT2D eigenvalue weighted by Crippen LogP contribution is 2.29. The first-order chi connectivity index (χ1) is 10.0. The third-order valence-electron chi connectivity index (χ3n) is 4.52.